The molecule has 0 saturated carbocycles. The summed E-state index contributed by atoms with van der Waals surface area (Å²) >= 11 is 0. The molecule has 0 bridgehead atoms. The van der Waals surface area contributed by atoms with Crippen molar-refractivity contribution in [3.8, 4) is 17.1 Å². The second kappa shape index (κ2) is 7.33. The van der Waals surface area contributed by atoms with E-state index in [1.807, 2.05) is 27.0 Å². The maximum absolute atomic E-state index is 5.37. The molecule has 1 N–H and O–H groups in total. The Morgan fingerprint density at radius 1 is 1.32 bits per heavy atom. The maximum Gasteiger partial charge on any atom is 0.223 e. The molecule has 25 heavy (non-hydrogen) atoms. The van der Waals surface area contributed by atoms with Crippen LogP contribution in [0.2, 0.25) is 0 Å². The summed E-state index contributed by atoms with van der Waals surface area (Å²) in [5.74, 6) is 2.07. The highest BCUT2D eigenvalue weighted by molar-refractivity contribution is 5.63. The van der Waals surface area contributed by atoms with Crippen LogP contribution in [0.15, 0.2) is 23.0 Å². The molecule has 0 saturated heterocycles. The molecule has 3 aromatic rings. The van der Waals surface area contributed by atoms with Crippen molar-refractivity contribution in [1.29, 1.82) is 0 Å². The summed E-state index contributed by atoms with van der Waals surface area (Å²) in [5.41, 5.74) is 3.72. The fraction of sp³-hybridized carbons (Fsp3) is 0.412. The molecule has 0 unspecified atom stereocenters. The van der Waals surface area contributed by atoms with E-state index in [0.29, 0.717) is 17.4 Å². The first-order chi connectivity index (χ1) is 12.1. The van der Waals surface area contributed by atoms with Crippen LogP contribution < -0.4 is 10.1 Å². The van der Waals surface area contributed by atoms with E-state index in [-0.39, 0.29) is 0 Å². The molecule has 0 aliphatic carbocycles. The Hall–Kier alpha value is -2.90. The third-order valence-electron chi connectivity index (χ3n) is 4.11. The van der Waals surface area contributed by atoms with Gasteiger partial charge in [0.1, 0.15) is 11.5 Å². The number of aromatic nitrogens is 5. The van der Waals surface area contributed by atoms with Crippen LogP contribution in [-0.2, 0) is 13.5 Å². The van der Waals surface area contributed by atoms with Gasteiger partial charge in [-0.1, -0.05) is 5.16 Å². The van der Waals surface area contributed by atoms with Gasteiger partial charge in [0.2, 0.25) is 5.95 Å². The molecule has 8 nitrogen and oxygen atoms in total. The zero-order valence-electron chi connectivity index (χ0n) is 14.9. The largest absolute Gasteiger partial charge is 0.493 e. The molecule has 0 spiro atoms. The van der Waals surface area contributed by atoms with E-state index < -0.39 is 0 Å². The molecule has 132 valence electrons. The van der Waals surface area contributed by atoms with Crippen molar-refractivity contribution < 1.29 is 9.26 Å². The molecule has 0 radical (unpaired) electrons. The lowest BCUT2D eigenvalue weighted by Gasteiger charge is -2.10. The first kappa shape index (κ1) is 16.9. The third-order valence-corrected chi connectivity index (χ3v) is 4.11. The molecule has 3 aromatic heterocycles. The molecule has 8 heteroatoms. The molecule has 0 fully saturated rings. The zero-order valence-corrected chi connectivity index (χ0v) is 14.9. The maximum atomic E-state index is 5.37. The van der Waals surface area contributed by atoms with Crippen LogP contribution in [0, 0.1) is 13.8 Å². The highest BCUT2D eigenvalue weighted by atomic mass is 16.5. The van der Waals surface area contributed by atoms with Crippen molar-refractivity contribution in [3.63, 3.8) is 0 Å². The second-order valence-corrected chi connectivity index (χ2v) is 5.78. The number of aryl methyl sites for hydroxylation is 3. The van der Waals surface area contributed by atoms with Crippen molar-refractivity contribution in [2.45, 2.75) is 26.7 Å². The lowest BCUT2D eigenvalue weighted by Crippen LogP contribution is -2.08. The Balaban J connectivity index is 1.66. The average molecular weight is 342 g/mol. The average Bonchev–Trinajstić information content (AvgIpc) is 3.18. The minimum Gasteiger partial charge on any atom is -0.493 e. The topological polar surface area (TPSA) is 90.9 Å². The SMILES string of the molecule is COc1cnc(NCCCc2c(C)noc2C)nc1-c1ccnn1C. The second-order valence-electron chi connectivity index (χ2n) is 5.78. The number of nitrogens with zero attached hydrogens (tertiary/aromatic N) is 5. The minimum absolute atomic E-state index is 0.566. The fourth-order valence-electron chi connectivity index (χ4n) is 2.72. The van der Waals surface area contributed by atoms with E-state index in [9.17, 15) is 0 Å². The number of anilines is 1. The van der Waals surface area contributed by atoms with Crippen molar-refractivity contribution in [3.05, 3.63) is 35.5 Å². The predicted octanol–water partition coefficient (Wildman–Crippen LogP) is 2.54. The van der Waals surface area contributed by atoms with Crippen LogP contribution in [0.4, 0.5) is 5.95 Å². The Morgan fingerprint density at radius 3 is 2.80 bits per heavy atom. The van der Waals surface area contributed by atoms with E-state index in [2.05, 4.69) is 25.5 Å². The number of hydrogen-bond donors (Lipinski definition) is 1. The fourth-order valence-corrected chi connectivity index (χ4v) is 2.72. The summed E-state index contributed by atoms with van der Waals surface area (Å²) in [6.45, 7) is 4.66. The molecule has 0 aromatic carbocycles. The number of hydrogen-bond acceptors (Lipinski definition) is 7. The van der Waals surface area contributed by atoms with Gasteiger partial charge in [-0.25, -0.2) is 9.97 Å². The summed E-state index contributed by atoms with van der Waals surface area (Å²) in [5, 5.41) is 11.4. The molecular weight excluding hydrogens is 320 g/mol. The lowest BCUT2D eigenvalue weighted by molar-refractivity contribution is 0.392. The van der Waals surface area contributed by atoms with E-state index in [0.717, 1.165) is 36.5 Å². The summed E-state index contributed by atoms with van der Waals surface area (Å²) < 4.78 is 12.3. The summed E-state index contributed by atoms with van der Waals surface area (Å²) in [7, 11) is 3.48. The van der Waals surface area contributed by atoms with E-state index in [1.165, 1.54) is 5.56 Å². The number of methoxy groups -OCH3 is 1. The minimum atomic E-state index is 0.566. The van der Waals surface area contributed by atoms with Gasteiger partial charge in [-0.05, 0) is 32.8 Å². The van der Waals surface area contributed by atoms with E-state index >= 15 is 0 Å². The third kappa shape index (κ3) is 3.62. The van der Waals surface area contributed by atoms with Crippen LogP contribution in [0.3, 0.4) is 0 Å². The molecule has 3 rings (SSSR count). The zero-order chi connectivity index (χ0) is 17.8. The quantitative estimate of drug-likeness (QED) is 0.660. The van der Waals surface area contributed by atoms with Crippen molar-refractivity contribution >= 4 is 5.95 Å². The Labute approximate surface area is 146 Å². The molecule has 0 aliphatic heterocycles. The van der Waals surface area contributed by atoms with Gasteiger partial charge in [0.15, 0.2) is 5.75 Å². The first-order valence-corrected chi connectivity index (χ1v) is 8.15. The monoisotopic (exact) mass is 342 g/mol. The molecule has 0 amide bonds. The number of nitrogens with one attached hydrogen (secondary N) is 1. The van der Waals surface area contributed by atoms with Gasteiger partial charge in [0, 0.05) is 25.4 Å². The summed E-state index contributed by atoms with van der Waals surface area (Å²) in [4.78, 5) is 8.89. The molecule has 0 atom stereocenters. The van der Waals surface area contributed by atoms with Gasteiger partial charge in [-0.3, -0.25) is 4.68 Å². The summed E-state index contributed by atoms with van der Waals surface area (Å²) in [6.07, 6.45) is 5.23. The van der Waals surface area contributed by atoms with Gasteiger partial charge in [0.05, 0.1) is 24.7 Å². The van der Waals surface area contributed by atoms with Crippen LogP contribution in [0.5, 0.6) is 5.75 Å². The van der Waals surface area contributed by atoms with Crippen molar-refractivity contribution in [2.75, 3.05) is 19.0 Å². The van der Waals surface area contributed by atoms with Gasteiger partial charge in [-0.2, -0.15) is 5.10 Å². The molecule has 3 heterocycles. The van der Waals surface area contributed by atoms with Crippen LogP contribution >= 0.6 is 0 Å². The van der Waals surface area contributed by atoms with E-state index in [1.54, 1.807) is 24.2 Å². The Kier molecular flexibility index (Phi) is 4.97. The summed E-state index contributed by atoms with van der Waals surface area (Å²) in [6, 6.07) is 1.89. The Bertz CT molecular complexity index is 835. The van der Waals surface area contributed by atoms with Gasteiger partial charge >= 0.3 is 0 Å². The number of rotatable bonds is 7. The first-order valence-electron chi connectivity index (χ1n) is 8.15. The van der Waals surface area contributed by atoms with Crippen molar-refractivity contribution in [2.24, 2.45) is 7.05 Å². The van der Waals surface area contributed by atoms with Crippen LogP contribution in [0.25, 0.3) is 11.4 Å². The lowest BCUT2D eigenvalue weighted by atomic mass is 10.1. The van der Waals surface area contributed by atoms with E-state index in [4.69, 9.17) is 9.26 Å². The standard InChI is InChI=1S/C17H22N6O2/c1-11-13(12(2)25-22-11)6-5-8-18-17-19-10-15(24-4)16(21-17)14-7-9-20-23(14)3/h7,9-10H,5-6,8H2,1-4H3,(H,18,19,21). The van der Waals surface area contributed by atoms with Crippen molar-refractivity contribution in [1.82, 2.24) is 24.9 Å². The number of ether oxygens (including phenoxy) is 1. The molecular formula is C17H22N6O2. The van der Waals surface area contributed by atoms with Crippen LogP contribution in [-0.4, -0.2) is 38.6 Å². The highest BCUT2D eigenvalue weighted by Gasteiger charge is 2.13. The normalized spacial score (nSPS) is 10.9. The Morgan fingerprint density at radius 2 is 2.16 bits per heavy atom. The van der Waals surface area contributed by atoms with Gasteiger partial charge in [0.25, 0.3) is 0 Å². The highest BCUT2D eigenvalue weighted by Crippen LogP contribution is 2.27. The molecule has 0 aliphatic rings. The van der Waals surface area contributed by atoms with Gasteiger partial charge in [-0.15, -0.1) is 0 Å². The van der Waals surface area contributed by atoms with Crippen LogP contribution in [0.1, 0.15) is 23.4 Å². The van der Waals surface area contributed by atoms with Gasteiger partial charge < -0.3 is 14.6 Å². The predicted molar refractivity (Wildman–Crippen MR) is 93.6 cm³/mol. The smallest absolute Gasteiger partial charge is 0.223 e.